The Morgan fingerprint density at radius 2 is 1.62 bits per heavy atom. The lowest BCUT2D eigenvalue weighted by molar-refractivity contribution is -0.297. The van der Waals surface area contributed by atoms with Gasteiger partial charge in [-0.25, -0.2) is 4.79 Å². The monoisotopic (exact) mass is 668 g/mol. The third-order valence-corrected chi connectivity index (χ3v) is 11.3. The zero-order valence-electron chi connectivity index (χ0n) is 30.3. The van der Waals surface area contributed by atoms with Crippen molar-refractivity contribution >= 4 is 23.6 Å². The van der Waals surface area contributed by atoms with Gasteiger partial charge < -0.3 is 39.4 Å². The number of rotatable bonds is 8. The molecule has 0 aromatic rings. The van der Waals surface area contributed by atoms with Crippen LogP contribution in [-0.2, 0) is 38.1 Å². The molecule has 3 heterocycles. The first-order valence-corrected chi connectivity index (χ1v) is 17.5. The number of fused-ring (bicyclic) bond motifs is 1. The maximum Gasteiger partial charge on any atom is 0.410 e. The summed E-state index contributed by atoms with van der Waals surface area (Å²) in [7, 11) is 1.48. The third-order valence-electron chi connectivity index (χ3n) is 11.3. The van der Waals surface area contributed by atoms with E-state index in [0.29, 0.717) is 13.0 Å². The summed E-state index contributed by atoms with van der Waals surface area (Å²) in [6.07, 6.45) is -2.23. The first-order chi connectivity index (χ1) is 21.9. The van der Waals surface area contributed by atoms with Gasteiger partial charge in [-0.05, 0) is 52.9 Å². The van der Waals surface area contributed by atoms with Crippen LogP contribution in [0.3, 0.4) is 0 Å². The lowest BCUT2D eigenvalue weighted by Crippen LogP contribution is -2.61. The first kappa shape index (κ1) is 39.3. The number of carbonyl (C=O) groups is 4. The summed E-state index contributed by atoms with van der Waals surface area (Å²) >= 11 is 0. The molecule has 3 rings (SSSR count). The van der Waals surface area contributed by atoms with Crippen LogP contribution < -0.4 is 5.73 Å². The van der Waals surface area contributed by atoms with Crippen LogP contribution in [0.5, 0.6) is 0 Å². The molecule has 0 aromatic carbocycles. The van der Waals surface area contributed by atoms with E-state index >= 15 is 0 Å². The lowest BCUT2D eigenvalue weighted by atomic mass is 9.73. The molecule has 12 heteroatoms. The molecule has 3 unspecified atom stereocenters. The Labute approximate surface area is 280 Å². The van der Waals surface area contributed by atoms with Gasteiger partial charge in [0.1, 0.15) is 23.9 Å². The minimum atomic E-state index is -1.34. The summed E-state index contributed by atoms with van der Waals surface area (Å²) in [5.74, 6) is -4.98. The van der Waals surface area contributed by atoms with E-state index in [9.17, 15) is 24.3 Å². The predicted octanol–water partition coefficient (Wildman–Crippen LogP) is 4.02. The van der Waals surface area contributed by atoms with E-state index in [2.05, 4.69) is 6.92 Å². The van der Waals surface area contributed by atoms with Crippen molar-refractivity contribution in [3.05, 3.63) is 0 Å². The second kappa shape index (κ2) is 15.6. The number of hydrogen-bond donors (Lipinski definition) is 2. The second-order valence-electron chi connectivity index (χ2n) is 14.7. The van der Waals surface area contributed by atoms with Crippen molar-refractivity contribution in [1.29, 1.82) is 0 Å². The molecule has 0 aromatic heterocycles. The number of Topliss-reactive ketones (excluding diaryl/α,β-unsaturated/α-hetero) is 2. The van der Waals surface area contributed by atoms with Crippen LogP contribution in [0, 0.1) is 29.6 Å². The second-order valence-corrected chi connectivity index (χ2v) is 14.7. The SMILES string of the molecule is CCCCCN1C(=O)O[C@]2(C)[C@@H](CC)OC(=O)[C@H](C)C(=O)[C@H](C)[C@@H](O[C@@H]3OC(C)[C@H](C)C(N)C3O)[C@](C)(OC)C[C@@H](C)C(=O)[C@H](C)[C@@H]12. The van der Waals surface area contributed by atoms with E-state index in [-0.39, 0.29) is 24.2 Å². The van der Waals surface area contributed by atoms with Gasteiger partial charge in [0, 0.05) is 37.5 Å². The Hall–Kier alpha value is -2.12. The molecule has 3 aliphatic heterocycles. The van der Waals surface area contributed by atoms with Crippen molar-refractivity contribution < 1.29 is 48.0 Å². The normalized spacial score (nSPS) is 44.1. The largest absolute Gasteiger partial charge is 0.458 e. The van der Waals surface area contributed by atoms with Crippen molar-refractivity contribution in [2.24, 2.45) is 35.3 Å². The maximum absolute atomic E-state index is 14.4. The van der Waals surface area contributed by atoms with Gasteiger partial charge in [-0.2, -0.15) is 0 Å². The highest BCUT2D eigenvalue weighted by atomic mass is 16.7. The van der Waals surface area contributed by atoms with E-state index in [0.717, 1.165) is 19.3 Å². The number of esters is 1. The van der Waals surface area contributed by atoms with E-state index in [1.54, 1.807) is 39.5 Å². The molecule has 0 spiro atoms. The average molecular weight is 669 g/mol. The van der Waals surface area contributed by atoms with E-state index in [1.807, 2.05) is 20.8 Å². The molecule has 14 atom stereocenters. The number of ketones is 2. The minimum absolute atomic E-state index is 0.133. The molecular weight excluding hydrogens is 608 g/mol. The van der Waals surface area contributed by atoms with Crippen LogP contribution in [-0.4, -0.2) is 101 Å². The van der Waals surface area contributed by atoms with E-state index in [1.165, 1.54) is 14.0 Å². The van der Waals surface area contributed by atoms with E-state index in [4.69, 9.17) is 29.4 Å². The topological polar surface area (TPSA) is 164 Å². The Morgan fingerprint density at radius 1 is 0.979 bits per heavy atom. The Kier molecular flexibility index (Phi) is 13.1. The Bertz CT molecular complexity index is 1140. The molecule has 0 bridgehead atoms. The fourth-order valence-corrected chi connectivity index (χ4v) is 7.92. The molecule has 3 fully saturated rings. The standard InChI is InChI=1S/C35H60N2O10/c1-12-14-15-16-37-29-20(5)26(38)18(3)17-34(9,43-11)30(46-32-28(40)25(36)19(4)23(8)44-32)21(6)27(39)22(7)31(41)45-24(13-2)35(29,10)47-33(37)42/h18-25,28-30,32,40H,12-17,36H2,1-11H3/t18-,19+,20+,21+,22-,23?,24-,25?,28?,29-,30-,32+,34-,35-/m1/s1. The number of nitrogens with two attached hydrogens (primary N) is 1. The van der Waals surface area contributed by atoms with Gasteiger partial charge in [0.15, 0.2) is 17.7 Å². The summed E-state index contributed by atoms with van der Waals surface area (Å²) in [6, 6.07) is -1.36. The molecule has 270 valence electrons. The summed E-state index contributed by atoms with van der Waals surface area (Å²) in [5, 5.41) is 11.1. The zero-order valence-corrected chi connectivity index (χ0v) is 30.3. The molecule has 3 N–H and O–H groups in total. The van der Waals surface area contributed by atoms with Crippen LogP contribution in [0.15, 0.2) is 0 Å². The molecular formula is C35H60N2O10. The summed E-state index contributed by atoms with van der Waals surface area (Å²) in [5.41, 5.74) is 3.73. The molecule has 3 saturated heterocycles. The highest BCUT2D eigenvalue weighted by molar-refractivity contribution is 6.00. The van der Waals surface area contributed by atoms with Gasteiger partial charge in [0.25, 0.3) is 0 Å². The van der Waals surface area contributed by atoms with Gasteiger partial charge in [-0.3, -0.25) is 14.4 Å². The summed E-state index contributed by atoms with van der Waals surface area (Å²) < 4.78 is 30.6. The summed E-state index contributed by atoms with van der Waals surface area (Å²) in [6.45, 7) is 18.2. The number of aliphatic hydroxyl groups is 1. The van der Waals surface area contributed by atoms with Crippen LogP contribution in [0.1, 0.15) is 101 Å². The third kappa shape index (κ3) is 7.71. The predicted molar refractivity (Wildman–Crippen MR) is 174 cm³/mol. The molecule has 47 heavy (non-hydrogen) atoms. The highest BCUT2D eigenvalue weighted by Gasteiger charge is 2.60. The number of unbranched alkanes of at least 4 members (excludes halogenated alkanes) is 2. The van der Waals surface area contributed by atoms with Crippen LogP contribution in [0.25, 0.3) is 0 Å². The number of methoxy groups -OCH3 is 1. The van der Waals surface area contributed by atoms with Gasteiger partial charge in [-0.1, -0.05) is 54.4 Å². The van der Waals surface area contributed by atoms with Crippen molar-refractivity contribution in [3.8, 4) is 0 Å². The molecule has 0 radical (unpaired) electrons. The quantitative estimate of drug-likeness (QED) is 0.218. The highest BCUT2D eigenvalue weighted by Crippen LogP contribution is 2.43. The number of nitrogens with zero attached hydrogens (tertiary/aromatic N) is 1. The molecule has 0 aliphatic carbocycles. The van der Waals surface area contributed by atoms with Crippen LogP contribution in [0.2, 0.25) is 0 Å². The number of amides is 1. The van der Waals surface area contributed by atoms with Crippen molar-refractivity contribution in [2.75, 3.05) is 13.7 Å². The van der Waals surface area contributed by atoms with Gasteiger partial charge in [0.05, 0.1) is 23.9 Å². The lowest BCUT2D eigenvalue weighted by Gasteiger charge is -2.47. The smallest absolute Gasteiger partial charge is 0.410 e. The Morgan fingerprint density at radius 3 is 2.19 bits per heavy atom. The number of hydrogen-bond acceptors (Lipinski definition) is 11. The molecule has 0 saturated carbocycles. The van der Waals surface area contributed by atoms with Crippen molar-refractivity contribution in [1.82, 2.24) is 4.90 Å². The number of carbonyl (C=O) groups excluding carboxylic acids is 4. The minimum Gasteiger partial charge on any atom is -0.458 e. The first-order valence-electron chi connectivity index (χ1n) is 17.5. The maximum atomic E-state index is 14.4. The molecule has 3 aliphatic rings. The molecule has 12 nitrogen and oxygen atoms in total. The van der Waals surface area contributed by atoms with Gasteiger partial charge >= 0.3 is 12.1 Å². The number of cyclic esters (lactones) is 1. The summed E-state index contributed by atoms with van der Waals surface area (Å²) in [4.78, 5) is 57.2. The Balaban J connectivity index is 2.12. The van der Waals surface area contributed by atoms with Crippen molar-refractivity contribution in [3.63, 3.8) is 0 Å². The fraction of sp³-hybridized carbons (Fsp3) is 0.886. The van der Waals surface area contributed by atoms with E-state index < -0.39 is 89.4 Å². The van der Waals surface area contributed by atoms with Crippen LogP contribution in [0.4, 0.5) is 4.79 Å². The van der Waals surface area contributed by atoms with Gasteiger partial charge in [0.2, 0.25) is 0 Å². The fourth-order valence-electron chi connectivity index (χ4n) is 7.92. The van der Waals surface area contributed by atoms with Crippen molar-refractivity contribution in [2.45, 2.75) is 155 Å². The zero-order chi connectivity index (χ0) is 35.6. The average Bonchev–Trinajstić information content (AvgIpc) is 3.30. The number of ether oxygens (including phenoxy) is 5. The number of aliphatic hydroxyl groups excluding tert-OH is 1. The molecule has 1 amide bonds. The van der Waals surface area contributed by atoms with Crippen LogP contribution >= 0.6 is 0 Å². The van der Waals surface area contributed by atoms with Gasteiger partial charge in [-0.15, -0.1) is 0 Å².